The third-order valence-electron chi connectivity index (χ3n) is 11.0. The summed E-state index contributed by atoms with van der Waals surface area (Å²) in [7, 11) is -4.76. The fraction of sp³-hybridized carbons (Fsp3) is 0.860. The second kappa shape index (κ2) is 34.0. The van der Waals surface area contributed by atoms with E-state index in [1.165, 1.54) is 78.6 Å². The van der Waals surface area contributed by atoms with E-state index in [1.54, 1.807) is 0 Å². The highest BCUT2D eigenvalue weighted by molar-refractivity contribution is 7.47. The molecule has 12 N–H and O–H groups in total. The molecule has 0 spiro atoms. The quantitative estimate of drug-likeness (QED) is 0.0227. The summed E-state index contributed by atoms with van der Waals surface area (Å²) >= 11 is 0. The van der Waals surface area contributed by atoms with Crippen molar-refractivity contribution in [3.63, 3.8) is 0 Å². The number of aliphatic hydroxyl groups excluding tert-OH is 4. The van der Waals surface area contributed by atoms with Crippen molar-refractivity contribution < 1.29 is 81.9 Å². The molecule has 0 saturated carbocycles. The van der Waals surface area contributed by atoms with Crippen molar-refractivity contribution in [1.82, 2.24) is 20.9 Å². The van der Waals surface area contributed by atoms with Crippen LogP contribution in [-0.2, 0) is 56.6 Å². The average molecular weight is 985 g/mol. The van der Waals surface area contributed by atoms with Crippen LogP contribution in [0.5, 0.6) is 0 Å². The largest absolute Gasteiger partial charge is 0.472 e. The zero-order valence-corrected chi connectivity index (χ0v) is 40.9. The number of rotatable bonds is 37. The SMILES string of the molecule is CCCCCCCCCCCCCCCC(=O)OCC(O)COP(=O)(O)OCCNC(=O)[C@H](C)N(CC(C)O[C@H]1[C@H](O)[C@@H](CO)O[C@H](O)[C@@H]1NC(C)=O)C(=O)CC[C@@H](NC(=O)[C@H](C)N)C(N)=O. The van der Waals surface area contributed by atoms with Crippen LogP contribution in [0.4, 0.5) is 0 Å². The molecule has 23 nitrogen and oxygen atoms in total. The number of nitrogens with two attached hydrogens (primary N) is 2. The molecule has 390 valence electrons. The number of hydrogen-bond acceptors (Lipinski definition) is 17. The number of carbonyl (C=O) groups is 6. The molecule has 0 aliphatic carbocycles. The third kappa shape index (κ3) is 26.3. The Labute approximate surface area is 394 Å². The average Bonchev–Trinajstić information content (AvgIpc) is 3.27. The number of primary amides is 1. The molecule has 0 radical (unpaired) electrons. The molecule has 67 heavy (non-hydrogen) atoms. The van der Waals surface area contributed by atoms with E-state index in [-0.39, 0.29) is 25.9 Å². The van der Waals surface area contributed by atoms with Gasteiger partial charge in [-0.2, -0.15) is 0 Å². The van der Waals surface area contributed by atoms with Crippen molar-refractivity contribution in [2.75, 3.05) is 39.5 Å². The van der Waals surface area contributed by atoms with E-state index in [0.29, 0.717) is 6.42 Å². The summed E-state index contributed by atoms with van der Waals surface area (Å²) in [5, 5.41) is 48.5. The summed E-state index contributed by atoms with van der Waals surface area (Å²) in [5.74, 6) is -4.30. The van der Waals surface area contributed by atoms with Crippen LogP contribution < -0.4 is 27.4 Å². The molecular formula is C43H81N6O17P. The zero-order valence-electron chi connectivity index (χ0n) is 40.0. The fourth-order valence-electron chi connectivity index (χ4n) is 7.14. The van der Waals surface area contributed by atoms with Gasteiger partial charge in [-0.3, -0.25) is 37.8 Å². The molecule has 5 amide bonds. The predicted octanol–water partition coefficient (Wildman–Crippen LogP) is 0.285. The van der Waals surface area contributed by atoms with Gasteiger partial charge in [0.2, 0.25) is 29.5 Å². The molecule has 3 unspecified atom stereocenters. The molecule has 1 aliphatic heterocycles. The Bertz CT molecular complexity index is 1530. The minimum Gasteiger partial charge on any atom is -0.463 e. The number of aliphatic hydroxyl groups is 4. The first-order chi connectivity index (χ1) is 31.6. The molecule has 24 heteroatoms. The first kappa shape index (κ1) is 61.7. The van der Waals surface area contributed by atoms with E-state index in [0.717, 1.165) is 31.1 Å². The number of esters is 1. The topological polar surface area (TPSA) is 358 Å². The van der Waals surface area contributed by atoms with Crippen LogP contribution in [0.15, 0.2) is 0 Å². The summed E-state index contributed by atoms with van der Waals surface area (Å²) in [6.45, 7) is 4.34. The molecule has 0 bridgehead atoms. The highest BCUT2D eigenvalue weighted by Crippen LogP contribution is 2.43. The van der Waals surface area contributed by atoms with E-state index in [1.807, 2.05) is 0 Å². The van der Waals surface area contributed by atoms with Crippen LogP contribution in [0, 0.1) is 0 Å². The van der Waals surface area contributed by atoms with Crippen molar-refractivity contribution in [2.45, 2.75) is 198 Å². The zero-order chi connectivity index (χ0) is 50.5. The molecule has 11 atom stereocenters. The first-order valence-corrected chi connectivity index (χ1v) is 25.1. The number of amides is 5. The van der Waals surface area contributed by atoms with Crippen LogP contribution in [-0.4, -0.2) is 166 Å². The second-order valence-electron chi connectivity index (χ2n) is 17.1. The van der Waals surface area contributed by atoms with Crippen LogP contribution in [0.3, 0.4) is 0 Å². The van der Waals surface area contributed by atoms with Gasteiger partial charge in [-0.1, -0.05) is 84.0 Å². The first-order valence-electron chi connectivity index (χ1n) is 23.6. The number of carbonyl (C=O) groups excluding carboxylic acids is 6. The number of ether oxygens (including phenoxy) is 3. The number of unbranched alkanes of at least 4 members (excludes halogenated alkanes) is 12. The molecule has 1 heterocycles. The maximum atomic E-state index is 13.7. The van der Waals surface area contributed by atoms with Crippen LogP contribution >= 0.6 is 7.82 Å². The van der Waals surface area contributed by atoms with E-state index < -0.39 is 137 Å². The Kier molecular flexibility index (Phi) is 31.3. The van der Waals surface area contributed by atoms with E-state index >= 15 is 0 Å². The maximum absolute atomic E-state index is 13.7. The smallest absolute Gasteiger partial charge is 0.463 e. The van der Waals surface area contributed by atoms with Gasteiger partial charge >= 0.3 is 13.8 Å². The predicted molar refractivity (Wildman–Crippen MR) is 243 cm³/mol. The summed E-state index contributed by atoms with van der Waals surface area (Å²) in [5.41, 5.74) is 11.0. The normalized spacial score (nSPS) is 21.4. The number of hydrogen-bond donors (Lipinski definition) is 10. The summed E-state index contributed by atoms with van der Waals surface area (Å²) in [6, 6.07) is -4.92. The number of phosphoric ester groups is 1. The van der Waals surface area contributed by atoms with Crippen LogP contribution in [0.25, 0.3) is 0 Å². The summed E-state index contributed by atoms with van der Waals surface area (Å²) in [4.78, 5) is 86.6. The molecule has 1 saturated heterocycles. The lowest BCUT2D eigenvalue weighted by molar-refractivity contribution is -0.268. The molecule has 0 aromatic carbocycles. The lowest BCUT2D eigenvalue weighted by Gasteiger charge is -2.44. The van der Waals surface area contributed by atoms with Gasteiger partial charge in [-0.05, 0) is 33.6 Å². The standard InChI is InChI=1S/C43H81N6O17P/c1-6-7-8-9-10-11-12-13-14-15-16-17-18-19-36(54)62-26-32(52)27-64-67(60,61)63-23-22-46-42(58)30(4)49(35(53)21-20-33(40(45)56)48-41(57)29(3)44)24-28(2)65-39-37(47-31(5)51)43(59)66-34(25-50)38(39)55/h28-30,32-34,37-39,43,50,52,55,59H,6-27,44H2,1-5H3,(H2,45,56)(H,46,58)(H,47,51)(H,48,57)(H,60,61)/t28?,29-,30-,32?,33+,34+,37+,38+,39+,43-/m0/s1. The van der Waals surface area contributed by atoms with Crippen molar-refractivity contribution in [3.8, 4) is 0 Å². The number of phosphoric acid groups is 1. The Morgan fingerprint density at radius 2 is 1.43 bits per heavy atom. The Morgan fingerprint density at radius 3 is 1.97 bits per heavy atom. The van der Waals surface area contributed by atoms with Crippen LogP contribution in [0.1, 0.15) is 137 Å². The fourth-order valence-corrected chi connectivity index (χ4v) is 7.89. The minimum absolute atomic E-state index is 0.178. The van der Waals surface area contributed by atoms with Crippen LogP contribution in [0.2, 0.25) is 0 Å². The number of nitrogens with one attached hydrogen (secondary N) is 3. The lowest BCUT2D eigenvalue weighted by Crippen LogP contribution is -2.65. The third-order valence-corrected chi connectivity index (χ3v) is 12.0. The Balaban J connectivity index is 2.72. The number of nitrogens with zero attached hydrogens (tertiary/aromatic N) is 1. The molecular weight excluding hydrogens is 903 g/mol. The van der Waals surface area contributed by atoms with E-state index in [9.17, 15) is 58.7 Å². The van der Waals surface area contributed by atoms with E-state index in [2.05, 4.69) is 22.9 Å². The van der Waals surface area contributed by atoms with Gasteiger partial charge in [0.15, 0.2) is 6.29 Å². The second-order valence-corrected chi connectivity index (χ2v) is 18.6. The minimum atomic E-state index is -4.76. The summed E-state index contributed by atoms with van der Waals surface area (Å²) < 4.78 is 38.5. The van der Waals surface area contributed by atoms with Crippen molar-refractivity contribution >= 4 is 43.3 Å². The highest BCUT2D eigenvalue weighted by Gasteiger charge is 2.46. The van der Waals surface area contributed by atoms with Gasteiger partial charge in [-0.25, -0.2) is 4.57 Å². The monoisotopic (exact) mass is 985 g/mol. The highest BCUT2D eigenvalue weighted by atomic mass is 31.2. The molecule has 1 fully saturated rings. The lowest BCUT2D eigenvalue weighted by atomic mass is 9.96. The molecule has 1 rings (SSSR count). The van der Waals surface area contributed by atoms with Gasteiger partial charge in [0.25, 0.3) is 0 Å². The Morgan fingerprint density at radius 1 is 0.851 bits per heavy atom. The van der Waals surface area contributed by atoms with Gasteiger partial charge in [0.1, 0.15) is 49.1 Å². The maximum Gasteiger partial charge on any atom is 0.472 e. The van der Waals surface area contributed by atoms with Gasteiger partial charge < -0.3 is 71.8 Å². The van der Waals surface area contributed by atoms with E-state index in [4.69, 9.17) is 34.7 Å². The Hall–Kier alpha value is -3.35. The molecule has 0 aromatic heterocycles. The van der Waals surface area contributed by atoms with Gasteiger partial charge in [-0.15, -0.1) is 0 Å². The summed E-state index contributed by atoms with van der Waals surface area (Å²) in [6.07, 6.45) is 6.12. The molecule has 0 aromatic rings. The van der Waals surface area contributed by atoms with Gasteiger partial charge in [0.05, 0.1) is 32.0 Å². The van der Waals surface area contributed by atoms with Crippen molar-refractivity contribution in [3.05, 3.63) is 0 Å². The van der Waals surface area contributed by atoms with Crippen molar-refractivity contribution in [2.24, 2.45) is 11.5 Å². The molecule has 1 aliphatic rings. The van der Waals surface area contributed by atoms with Gasteiger partial charge in [0, 0.05) is 32.9 Å². The van der Waals surface area contributed by atoms with Crippen molar-refractivity contribution in [1.29, 1.82) is 0 Å².